The first-order chi connectivity index (χ1) is 14.4. The van der Waals surface area contributed by atoms with Gasteiger partial charge in [-0.3, -0.25) is 14.5 Å². The summed E-state index contributed by atoms with van der Waals surface area (Å²) in [4.78, 5) is 26.5. The van der Waals surface area contributed by atoms with Crippen LogP contribution in [0.3, 0.4) is 0 Å². The molecule has 1 saturated heterocycles. The Morgan fingerprint density at radius 2 is 2.07 bits per heavy atom. The van der Waals surface area contributed by atoms with E-state index < -0.39 is 0 Å². The molecule has 0 spiro atoms. The van der Waals surface area contributed by atoms with Crippen molar-refractivity contribution in [1.29, 1.82) is 0 Å². The number of nitrogens with zero attached hydrogens (tertiary/aromatic N) is 1. The fourth-order valence-corrected chi connectivity index (χ4v) is 4.18. The van der Waals surface area contributed by atoms with E-state index in [1.54, 1.807) is 32.2 Å². The summed E-state index contributed by atoms with van der Waals surface area (Å²) in [5.41, 5.74) is 2.52. The van der Waals surface area contributed by atoms with E-state index in [0.29, 0.717) is 28.8 Å². The first kappa shape index (κ1) is 22.3. The van der Waals surface area contributed by atoms with Crippen LogP contribution >= 0.6 is 11.6 Å². The van der Waals surface area contributed by atoms with Gasteiger partial charge >= 0.3 is 0 Å². The number of hydrogen-bond acceptors (Lipinski definition) is 4. The molecule has 2 aromatic rings. The Balaban J connectivity index is 1.50. The van der Waals surface area contributed by atoms with Gasteiger partial charge in [0.25, 0.3) is 0 Å². The van der Waals surface area contributed by atoms with E-state index >= 15 is 0 Å². The Labute approximate surface area is 183 Å². The van der Waals surface area contributed by atoms with Crippen molar-refractivity contribution in [2.75, 3.05) is 25.5 Å². The summed E-state index contributed by atoms with van der Waals surface area (Å²) in [6.07, 6.45) is 3.57. The van der Waals surface area contributed by atoms with Gasteiger partial charge in [-0.05, 0) is 68.5 Å². The number of carbonyl (C=O) groups excluding carboxylic acids is 2. The minimum atomic E-state index is -0.0261. The molecule has 1 amide bonds. The third-order valence-corrected chi connectivity index (χ3v) is 5.79. The van der Waals surface area contributed by atoms with Gasteiger partial charge in [-0.2, -0.15) is 0 Å². The summed E-state index contributed by atoms with van der Waals surface area (Å²) < 4.78 is 5.29. The number of piperidine rings is 1. The lowest BCUT2D eigenvalue weighted by Gasteiger charge is -2.32. The van der Waals surface area contributed by atoms with Crippen molar-refractivity contribution >= 4 is 29.0 Å². The zero-order chi connectivity index (χ0) is 21.5. The molecule has 0 radical (unpaired) electrons. The standard InChI is InChI=1S/C24H29ClN2O3/c1-17(28)20-7-3-5-19(13-20)16-27-12-4-6-18(15-27)8-11-24(29)26-22-14-21(25)9-10-23(22)30-2/h3,5,7,9-10,13-14,18H,4,6,8,11-12,15-16H2,1-2H3,(H,26,29)/t18-/m0/s1. The number of Topliss-reactive ketones (excluding diaryl/α,β-unsaturated/α-hetero) is 1. The van der Waals surface area contributed by atoms with Crippen LogP contribution in [-0.2, 0) is 11.3 Å². The minimum absolute atomic E-state index is 0.0261. The molecule has 1 heterocycles. The van der Waals surface area contributed by atoms with Gasteiger partial charge < -0.3 is 10.1 Å². The molecule has 1 fully saturated rings. The van der Waals surface area contributed by atoms with Crippen molar-refractivity contribution in [3.05, 3.63) is 58.6 Å². The molecule has 2 aromatic carbocycles. The number of benzene rings is 2. The summed E-state index contributed by atoms with van der Waals surface area (Å²) >= 11 is 6.03. The van der Waals surface area contributed by atoms with Crippen LogP contribution in [0.4, 0.5) is 5.69 Å². The van der Waals surface area contributed by atoms with Crippen LogP contribution in [0.15, 0.2) is 42.5 Å². The lowest BCUT2D eigenvalue weighted by molar-refractivity contribution is -0.116. The van der Waals surface area contributed by atoms with Crippen LogP contribution in [0.1, 0.15) is 48.5 Å². The number of amides is 1. The number of carbonyl (C=O) groups is 2. The highest BCUT2D eigenvalue weighted by molar-refractivity contribution is 6.31. The summed E-state index contributed by atoms with van der Waals surface area (Å²) in [6.45, 7) is 4.45. The largest absolute Gasteiger partial charge is 0.495 e. The number of methoxy groups -OCH3 is 1. The number of likely N-dealkylation sites (tertiary alicyclic amines) is 1. The SMILES string of the molecule is COc1ccc(Cl)cc1NC(=O)CC[C@@H]1CCCN(Cc2cccc(C(C)=O)c2)C1. The van der Waals surface area contributed by atoms with Crippen LogP contribution in [0.2, 0.25) is 5.02 Å². The topological polar surface area (TPSA) is 58.6 Å². The summed E-state index contributed by atoms with van der Waals surface area (Å²) in [5, 5.41) is 3.47. The normalized spacial score (nSPS) is 16.8. The monoisotopic (exact) mass is 428 g/mol. The quantitative estimate of drug-likeness (QED) is 0.588. The molecule has 3 rings (SSSR count). The van der Waals surface area contributed by atoms with Gasteiger partial charge in [-0.1, -0.05) is 29.8 Å². The molecule has 1 aliphatic rings. The first-order valence-corrected chi connectivity index (χ1v) is 10.8. The second-order valence-electron chi connectivity index (χ2n) is 7.93. The Bertz CT molecular complexity index is 900. The third kappa shape index (κ3) is 6.31. The van der Waals surface area contributed by atoms with E-state index in [1.165, 1.54) is 0 Å². The van der Waals surface area contributed by atoms with Crippen molar-refractivity contribution < 1.29 is 14.3 Å². The summed E-state index contributed by atoms with van der Waals surface area (Å²) in [5.74, 6) is 1.16. The van der Waals surface area contributed by atoms with E-state index in [9.17, 15) is 9.59 Å². The zero-order valence-corrected chi connectivity index (χ0v) is 18.4. The number of ether oxygens (including phenoxy) is 1. The van der Waals surface area contributed by atoms with Crippen LogP contribution in [0, 0.1) is 5.92 Å². The third-order valence-electron chi connectivity index (χ3n) is 5.56. The predicted molar refractivity (Wildman–Crippen MR) is 120 cm³/mol. The van der Waals surface area contributed by atoms with Gasteiger partial charge in [0.15, 0.2) is 5.78 Å². The Kier molecular flexibility index (Phi) is 7.88. The number of nitrogens with one attached hydrogen (secondary N) is 1. The average Bonchev–Trinajstić information content (AvgIpc) is 2.73. The maximum Gasteiger partial charge on any atom is 0.224 e. The van der Waals surface area contributed by atoms with Crippen LogP contribution in [0.25, 0.3) is 0 Å². The molecule has 5 nitrogen and oxygen atoms in total. The van der Waals surface area contributed by atoms with E-state index in [0.717, 1.165) is 50.0 Å². The highest BCUT2D eigenvalue weighted by atomic mass is 35.5. The van der Waals surface area contributed by atoms with E-state index in [1.807, 2.05) is 18.2 Å². The molecule has 1 N–H and O–H groups in total. The molecule has 160 valence electrons. The minimum Gasteiger partial charge on any atom is -0.495 e. The molecular weight excluding hydrogens is 400 g/mol. The number of halogens is 1. The van der Waals surface area contributed by atoms with Gasteiger partial charge in [0.05, 0.1) is 12.8 Å². The maximum absolute atomic E-state index is 12.5. The number of anilines is 1. The Morgan fingerprint density at radius 1 is 1.23 bits per heavy atom. The number of ketones is 1. The van der Waals surface area contributed by atoms with Crippen molar-refractivity contribution in [2.45, 2.75) is 39.2 Å². The second-order valence-corrected chi connectivity index (χ2v) is 8.37. The second kappa shape index (κ2) is 10.6. The Morgan fingerprint density at radius 3 is 2.83 bits per heavy atom. The Hall–Kier alpha value is -2.37. The molecule has 0 aliphatic carbocycles. The van der Waals surface area contributed by atoms with Crippen molar-refractivity contribution in [3.8, 4) is 5.75 Å². The van der Waals surface area contributed by atoms with Gasteiger partial charge in [0.1, 0.15) is 5.75 Å². The molecule has 30 heavy (non-hydrogen) atoms. The molecule has 0 saturated carbocycles. The zero-order valence-electron chi connectivity index (χ0n) is 17.6. The van der Waals surface area contributed by atoms with Crippen LogP contribution < -0.4 is 10.1 Å². The lowest BCUT2D eigenvalue weighted by atomic mass is 9.93. The van der Waals surface area contributed by atoms with Crippen molar-refractivity contribution in [3.63, 3.8) is 0 Å². The molecule has 1 atom stereocenters. The highest BCUT2D eigenvalue weighted by Crippen LogP contribution is 2.28. The van der Waals surface area contributed by atoms with Crippen LogP contribution in [0.5, 0.6) is 5.75 Å². The molecule has 0 unspecified atom stereocenters. The van der Waals surface area contributed by atoms with Crippen molar-refractivity contribution in [1.82, 2.24) is 4.90 Å². The molecular formula is C24H29ClN2O3. The molecule has 6 heteroatoms. The van der Waals surface area contributed by atoms with Gasteiger partial charge in [0.2, 0.25) is 5.91 Å². The van der Waals surface area contributed by atoms with Crippen LogP contribution in [-0.4, -0.2) is 36.8 Å². The van der Waals surface area contributed by atoms with E-state index in [2.05, 4.69) is 16.3 Å². The predicted octanol–water partition coefficient (Wildman–Crippen LogP) is 5.18. The van der Waals surface area contributed by atoms with Crippen molar-refractivity contribution in [2.24, 2.45) is 5.92 Å². The first-order valence-electron chi connectivity index (χ1n) is 10.4. The number of hydrogen-bond donors (Lipinski definition) is 1. The summed E-state index contributed by atoms with van der Waals surface area (Å²) in [6, 6.07) is 13.0. The highest BCUT2D eigenvalue weighted by Gasteiger charge is 2.21. The van der Waals surface area contributed by atoms with E-state index in [4.69, 9.17) is 16.3 Å². The molecule has 0 bridgehead atoms. The smallest absolute Gasteiger partial charge is 0.224 e. The number of rotatable bonds is 8. The molecule has 0 aromatic heterocycles. The maximum atomic E-state index is 12.5. The fraction of sp³-hybridized carbons (Fsp3) is 0.417. The lowest BCUT2D eigenvalue weighted by Crippen LogP contribution is -2.35. The van der Waals surface area contributed by atoms with Gasteiger partial charge in [-0.25, -0.2) is 0 Å². The molecule has 1 aliphatic heterocycles. The van der Waals surface area contributed by atoms with E-state index in [-0.39, 0.29) is 11.7 Å². The van der Waals surface area contributed by atoms with Gasteiger partial charge in [-0.15, -0.1) is 0 Å². The average molecular weight is 429 g/mol. The fourth-order valence-electron chi connectivity index (χ4n) is 4.00. The van der Waals surface area contributed by atoms with Gasteiger partial charge in [0, 0.05) is 30.1 Å². The summed E-state index contributed by atoms with van der Waals surface area (Å²) in [7, 11) is 1.57.